The van der Waals surface area contributed by atoms with Gasteiger partial charge in [-0.15, -0.1) is 0 Å². The van der Waals surface area contributed by atoms with Crippen LogP contribution in [0.2, 0.25) is 0 Å². The predicted octanol–water partition coefficient (Wildman–Crippen LogP) is 3.09. The number of fused-ring (bicyclic) bond motifs is 1. The van der Waals surface area contributed by atoms with Crippen molar-refractivity contribution in [2.45, 2.75) is 0 Å². The predicted molar refractivity (Wildman–Crippen MR) is 103 cm³/mol. The van der Waals surface area contributed by atoms with Crippen LogP contribution in [0.5, 0.6) is 0 Å². The van der Waals surface area contributed by atoms with E-state index in [4.69, 9.17) is 0 Å². The van der Waals surface area contributed by atoms with Gasteiger partial charge in [0.25, 0.3) is 0 Å². The van der Waals surface area contributed by atoms with E-state index in [9.17, 15) is 0 Å². The summed E-state index contributed by atoms with van der Waals surface area (Å²) in [6.45, 7) is 0. The van der Waals surface area contributed by atoms with Crippen LogP contribution in [-0.2, 0) is 0 Å². The van der Waals surface area contributed by atoms with Gasteiger partial charge in [-0.05, 0) is 16.0 Å². The topological polar surface area (TPSA) is 0 Å². The Hall–Kier alpha value is -2.64. The molecule has 0 radical (unpaired) electrons. The molecule has 4 aromatic rings. The Labute approximate surface area is 138 Å². The monoisotopic (exact) mass is 310 g/mol. The Morgan fingerprint density at radius 3 is 1.61 bits per heavy atom. The Balaban J connectivity index is 1.98. The molecule has 0 heterocycles. The van der Waals surface area contributed by atoms with Crippen molar-refractivity contribution < 1.29 is 0 Å². The zero-order valence-electron chi connectivity index (χ0n) is 12.9. The van der Waals surface area contributed by atoms with Crippen LogP contribution >= 0.6 is 0 Å². The van der Waals surface area contributed by atoms with Gasteiger partial charge in [-0.2, -0.15) is 0 Å². The van der Waals surface area contributed by atoms with Crippen molar-refractivity contribution in [1.29, 1.82) is 0 Å². The van der Waals surface area contributed by atoms with E-state index in [2.05, 4.69) is 103 Å². The van der Waals surface area contributed by atoms with Gasteiger partial charge < -0.3 is 0 Å². The van der Waals surface area contributed by atoms with Crippen molar-refractivity contribution in [2.75, 3.05) is 0 Å². The van der Waals surface area contributed by atoms with E-state index in [-0.39, 0.29) is 0 Å². The lowest BCUT2D eigenvalue weighted by molar-refractivity contribution is 1.72. The van der Waals surface area contributed by atoms with E-state index >= 15 is 0 Å². The van der Waals surface area contributed by atoms with Gasteiger partial charge in [-0.1, -0.05) is 114 Å². The molecule has 0 atom stereocenters. The van der Waals surface area contributed by atoms with Gasteiger partial charge in [-0.25, -0.2) is 0 Å². The zero-order chi connectivity index (χ0) is 15.5. The maximum Gasteiger partial charge on any atom is 0.133 e. The van der Waals surface area contributed by atoms with Crippen LogP contribution in [-0.4, -0.2) is 8.80 Å². The quantitative estimate of drug-likeness (QED) is 0.403. The summed E-state index contributed by atoms with van der Waals surface area (Å²) in [5, 5.41) is 7.15. The van der Waals surface area contributed by atoms with E-state index < -0.39 is 8.80 Å². The molecule has 0 amide bonds. The average Bonchev–Trinajstić information content (AvgIpc) is 2.64. The molecule has 110 valence electrons. The van der Waals surface area contributed by atoms with Crippen molar-refractivity contribution in [1.82, 2.24) is 0 Å². The van der Waals surface area contributed by atoms with E-state index in [1.54, 1.807) is 0 Å². The SMILES string of the molecule is c1ccc([SiH](c2ccccc2)c2cccc3ccccc23)cc1. The Kier molecular flexibility index (Phi) is 3.79. The van der Waals surface area contributed by atoms with Crippen LogP contribution in [0.15, 0.2) is 103 Å². The molecule has 0 unspecified atom stereocenters. The fraction of sp³-hybridized carbons (Fsp3) is 0. The Bertz CT molecular complexity index is 869. The fourth-order valence-electron chi connectivity index (χ4n) is 3.34. The molecule has 0 aliphatic carbocycles. The molecule has 0 N–H and O–H groups in total. The lowest BCUT2D eigenvalue weighted by Crippen LogP contribution is -2.52. The minimum Gasteiger partial charge on any atom is -0.0625 e. The molecule has 4 rings (SSSR count). The molecule has 0 spiro atoms. The average molecular weight is 310 g/mol. The van der Waals surface area contributed by atoms with E-state index in [1.165, 1.54) is 26.3 Å². The summed E-state index contributed by atoms with van der Waals surface area (Å²) in [5.41, 5.74) is 0. The van der Waals surface area contributed by atoms with Crippen molar-refractivity contribution in [3.63, 3.8) is 0 Å². The lowest BCUT2D eigenvalue weighted by atomic mass is 10.1. The van der Waals surface area contributed by atoms with Crippen molar-refractivity contribution in [3.05, 3.63) is 103 Å². The molecule has 0 bridgehead atoms. The summed E-state index contributed by atoms with van der Waals surface area (Å²) in [5.74, 6) is 0. The van der Waals surface area contributed by atoms with Gasteiger partial charge in [0, 0.05) is 0 Å². The Morgan fingerprint density at radius 1 is 0.435 bits per heavy atom. The third kappa shape index (κ3) is 2.71. The minimum absolute atomic E-state index is 1.33. The third-order valence-corrected chi connectivity index (χ3v) is 7.63. The summed E-state index contributed by atoms with van der Waals surface area (Å²) >= 11 is 0. The second kappa shape index (κ2) is 6.23. The van der Waals surface area contributed by atoms with Gasteiger partial charge in [0.2, 0.25) is 0 Å². The van der Waals surface area contributed by atoms with Gasteiger partial charge in [0.15, 0.2) is 0 Å². The van der Waals surface area contributed by atoms with Crippen LogP contribution in [0, 0.1) is 0 Å². The number of hydrogen-bond donors (Lipinski definition) is 0. The van der Waals surface area contributed by atoms with Crippen LogP contribution in [0.4, 0.5) is 0 Å². The van der Waals surface area contributed by atoms with Crippen LogP contribution < -0.4 is 15.6 Å². The van der Waals surface area contributed by atoms with E-state index in [0.717, 1.165) is 0 Å². The van der Waals surface area contributed by atoms with Crippen molar-refractivity contribution in [2.24, 2.45) is 0 Å². The molecule has 0 aromatic heterocycles. The first kappa shape index (κ1) is 14.0. The fourth-order valence-corrected chi connectivity index (χ4v) is 6.54. The number of rotatable bonds is 3. The van der Waals surface area contributed by atoms with Gasteiger partial charge >= 0.3 is 0 Å². The molecule has 0 fully saturated rings. The molecule has 0 aliphatic heterocycles. The highest BCUT2D eigenvalue weighted by Gasteiger charge is 2.20. The minimum atomic E-state index is -1.46. The van der Waals surface area contributed by atoms with Gasteiger partial charge in [0.05, 0.1) is 0 Å². The van der Waals surface area contributed by atoms with E-state index in [0.29, 0.717) is 0 Å². The number of benzene rings is 4. The zero-order valence-corrected chi connectivity index (χ0v) is 14.0. The van der Waals surface area contributed by atoms with Crippen molar-refractivity contribution in [3.8, 4) is 0 Å². The van der Waals surface area contributed by atoms with Crippen LogP contribution in [0.3, 0.4) is 0 Å². The molecule has 1 heteroatoms. The summed E-state index contributed by atoms with van der Waals surface area (Å²) in [6.07, 6.45) is 0. The van der Waals surface area contributed by atoms with E-state index in [1.807, 2.05) is 0 Å². The van der Waals surface area contributed by atoms with Gasteiger partial charge in [-0.3, -0.25) is 0 Å². The summed E-state index contributed by atoms with van der Waals surface area (Å²) < 4.78 is 0. The molecular formula is C22H18Si. The Morgan fingerprint density at radius 2 is 0.957 bits per heavy atom. The largest absolute Gasteiger partial charge is 0.133 e. The third-order valence-electron chi connectivity index (χ3n) is 4.40. The van der Waals surface area contributed by atoms with Crippen LogP contribution in [0.25, 0.3) is 10.8 Å². The maximum atomic E-state index is 2.32. The number of hydrogen-bond acceptors (Lipinski definition) is 0. The normalized spacial score (nSPS) is 11.0. The second-order valence-corrected chi connectivity index (χ2v) is 8.64. The second-order valence-electron chi connectivity index (χ2n) is 5.82. The maximum absolute atomic E-state index is 2.32. The molecule has 23 heavy (non-hydrogen) atoms. The first-order chi connectivity index (χ1) is 11.4. The lowest BCUT2D eigenvalue weighted by Gasteiger charge is -2.19. The van der Waals surface area contributed by atoms with Crippen molar-refractivity contribution >= 4 is 35.1 Å². The first-order valence-electron chi connectivity index (χ1n) is 8.01. The molecule has 4 aromatic carbocycles. The van der Waals surface area contributed by atoms with Gasteiger partial charge in [0.1, 0.15) is 8.80 Å². The standard InChI is InChI=1S/C22H18Si/c1-3-12-19(13-4-1)23(20-14-5-2-6-15-20)22-17-9-11-18-10-7-8-16-21(18)22/h1-17,23H. The molecule has 0 nitrogen and oxygen atoms in total. The molecular weight excluding hydrogens is 292 g/mol. The highest BCUT2D eigenvalue weighted by Crippen LogP contribution is 2.12. The highest BCUT2D eigenvalue weighted by atomic mass is 28.3. The summed E-state index contributed by atoms with van der Waals surface area (Å²) in [6, 6.07) is 37.4. The smallest absolute Gasteiger partial charge is 0.0625 e. The van der Waals surface area contributed by atoms with Crippen LogP contribution in [0.1, 0.15) is 0 Å². The molecule has 0 aliphatic rings. The molecule has 0 saturated carbocycles. The summed E-state index contributed by atoms with van der Waals surface area (Å²) in [4.78, 5) is 0. The highest BCUT2D eigenvalue weighted by molar-refractivity contribution is 6.96. The summed E-state index contributed by atoms with van der Waals surface area (Å²) in [7, 11) is -1.46. The first-order valence-corrected chi connectivity index (χ1v) is 9.74. The molecule has 0 saturated heterocycles.